The topological polar surface area (TPSA) is 55.0 Å². The summed E-state index contributed by atoms with van der Waals surface area (Å²) in [5.74, 6) is 1.41. The lowest BCUT2D eigenvalue weighted by atomic mass is 9.96. The third kappa shape index (κ3) is 2.68. The molecule has 0 spiro atoms. The van der Waals surface area contributed by atoms with Crippen LogP contribution in [0, 0.1) is 0 Å². The van der Waals surface area contributed by atoms with Gasteiger partial charge in [-0.15, -0.1) is 0 Å². The molecule has 1 aromatic carbocycles. The first-order chi connectivity index (χ1) is 10.0. The van der Waals surface area contributed by atoms with E-state index in [2.05, 4.69) is 54.3 Å². The van der Waals surface area contributed by atoms with Crippen molar-refractivity contribution in [2.75, 3.05) is 18.0 Å². The van der Waals surface area contributed by atoms with Crippen molar-refractivity contribution in [3.8, 4) is 0 Å². The molecule has 1 unspecified atom stereocenters. The number of fused-ring (bicyclic) bond motifs is 1. The molecule has 112 valence electrons. The van der Waals surface area contributed by atoms with Gasteiger partial charge in [0.05, 0.1) is 0 Å². The molecule has 2 aromatic rings. The molecular formula is C16H22N4S. The van der Waals surface area contributed by atoms with Crippen molar-refractivity contribution in [1.82, 2.24) is 9.36 Å². The summed E-state index contributed by atoms with van der Waals surface area (Å²) in [6.45, 7) is 8.11. The van der Waals surface area contributed by atoms with Crippen molar-refractivity contribution >= 4 is 22.4 Å². The summed E-state index contributed by atoms with van der Waals surface area (Å²) in [5.41, 5.74) is 8.40. The molecule has 0 saturated heterocycles. The average molecular weight is 302 g/mol. The zero-order chi connectivity index (χ0) is 15.0. The minimum atomic E-state index is -0.00927. The first kappa shape index (κ1) is 14.5. The number of nitrogens with two attached hydrogens (primary N) is 1. The molecule has 2 N–H and O–H groups in total. The Morgan fingerprint density at radius 1 is 1.33 bits per heavy atom. The van der Waals surface area contributed by atoms with Gasteiger partial charge in [0.15, 0.2) is 0 Å². The number of para-hydroxylation sites is 1. The summed E-state index contributed by atoms with van der Waals surface area (Å²) < 4.78 is 4.54. The molecule has 3 rings (SSSR count). The predicted molar refractivity (Wildman–Crippen MR) is 88.5 cm³/mol. The van der Waals surface area contributed by atoms with Gasteiger partial charge in [-0.3, -0.25) is 0 Å². The Kier molecular flexibility index (Phi) is 3.71. The van der Waals surface area contributed by atoms with Gasteiger partial charge in [0.2, 0.25) is 5.13 Å². The molecule has 5 heteroatoms. The van der Waals surface area contributed by atoms with Crippen molar-refractivity contribution in [2.45, 2.75) is 38.5 Å². The standard InChI is InChI=1S/C16H22N4S/c1-16(2,3)14-18-15(21-19-14)20-10-11(8-9-17)12-6-4-5-7-13(12)20/h4-7,11H,8-10,17H2,1-3H3. The van der Waals surface area contributed by atoms with Crippen LogP contribution in [0.25, 0.3) is 0 Å². The molecule has 4 nitrogen and oxygen atoms in total. The molecule has 2 heterocycles. The second-order valence-corrected chi connectivity index (χ2v) is 7.32. The molecule has 1 aromatic heterocycles. The van der Waals surface area contributed by atoms with Crippen LogP contribution in [-0.4, -0.2) is 22.4 Å². The Morgan fingerprint density at radius 2 is 2.10 bits per heavy atom. The van der Waals surface area contributed by atoms with Crippen LogP contribution >= 0.6 is 11.5 Å². The molecule has 0 saturated carbocycles. The van der Waals surface area contributed by atoms with E-state index in [1.807, 2.05) is 0 Å². The van der Waals surface area contributed by atoms with Gasteiger partial charge in [-0.25, -0.2) is 4.98 Å². The number of hydrogen-bond donors (Lipinski definition) is 1. The summed E-state index contributed by atoms with van der Waals surface area (Å²) in [7, 11) is 0. The van der Waals surface area contributed by atoms with E-state index in [0.717, 1.165) is 30.5 Å². The zero-order valence-corrected chi connectivity index (χ0v) is 13.7. The number of hydrogen-bond acceptors (Lipinski definition) is 5. The van der Waals surface area contributed by atoms with E-state index < -0.39 is 0 Å². The van der Waals surface area contributed by atoms with Gasteiger partial charge in [-0.1, -0.05) is 39.0 Å². The van der Waals surface area contributed by atoms with Gasteiger partial charge in [0, 0.05) is 35.1 Å². The Labute approximate surface area is 130 Å². The Morgan fingerprint density at radius 3 is 2.76 bits per heavy atom. The lowest BCUT2D eigenvalue weighted by Crippen LogP contribution is -2.18. The van der Waals surface area contributed by atoms with Gasteiger partial charge < -0.3 is 10.6 Å². The summed E-state index contributed by atoms with van der Waals surface area (Å²) >= 11 is 1.49. The molecule has 0 bridgehead atoms. The van der Waals surface area contributed by atoms with Gasteiger partial charge in [0.1, 0.15) is 5.82 Å². The molecule has 0 radical (unpaired) electrons. The molecule has 1 aliphatic rings. The van der Waals surface area contributed by atoms with Crippen LogP contribution in [0.3, 0.4) is 0 Å². The van der Waals surface area contributed by atoms with Crippen molar-refractivity contribution in [1.29, 1.82) is 0 Å². The van der Waals surface area contributed by atoms with Gasteiger partial charge >= 0.3 is 0 Å². The van der Waals surface area contributed by atoms with E-state index in [-0.39, 0.29) is 5.41 Å². The largest absolute Gasteiger partial charge is 0.330 e. The summed E-state index contributed by atoms with van der Waals surface area (Å²) in [5, 5.41) is 0.992. The highest BCUT2D eigenvalue weighted by molar-refractivity contribution is 7.09. The summed E-state index contributed by atoms with van der Waals surface area (Å²) in [4.78, 5) is 7.05. The number of nitrogens with zero attached hydrogens (tertiary/aromatic N) is 3. The predicted octanol–water partition coefficient (Wildman–Crippen LogP) is 3.42. The third-order valence-corrected chi connectivity index (χ3v) is 4.64. The normalized spacial score (nSPS) is 18.1. The molecular weight excluding hydrogens is 280 g/mol. The first-order valence-electron chi connectivity index (χ1n) is 7.41. The monoisotopic (exact) mass is 302 g/mol. The number of aromatic nitrogens is 2. The van der Waals surface area contributed by atoms with Crippen LogP contribution in [0.2, 0.25) is 0 Å². The second-order valence-electron chi connectivity index (χ2n) is 6.59. The SMILES string of the molecule is CC(C)(C)c1nsc(N2CC(CCN)c3ccccc32)n1. The maximum absolute atomic E-state index is 5.77. The van der Waals surface area contributed by atoms with Gasteiger partial charge in [-0.05, 0) is 24.6 Å². The minimum absolute atomic E-state index is 0.00927. The lowest BCUT2D eigenvalue weighted by Gasteiger charge is -2.16. The van der Waals surface area contributed by atoms with E-state index >= 15 is 0 Å². The van der Waals surface area contributed by atoms with Crippen molar-refractivity contribution in [3.05, 3.63) is 35.7 Å². The van der Waals surface area contributed by atoms with E-state index in [1.54, 1.807) is 0 Å². The highest BCUT2D eigenvalue weighted by atomic mass is 32.1. The van der Waals surface area contributed by atoms with Crippen molar-refractivity contribution in [3.63, 3.8) is 0 Å². The number of benzene rings is 1. The fourth-order valence-corrected chi connectivity index (χ4v) is 3.64. The lowest BCUT2D eigenvalue weighted by molar-refractivity contribution is 0.554. The van der Waals surface area contributed by atoms with Gasteiger partial charge in [-0.2, -0.15) is 4.37 Å². The Bertz CT molecular complexity index is 629. The van der Waals surface area contributed by atoms with Crippen LogP contribution in [0.5, 0.6) is 0 Å². The fourth-order valence-electron chi connectivity index (χ4n) is 2.75. The van der Waals surface area contributed by atoms with Crippen molar-refractivity contribution in [2.24, 2.45) is 5.73 Å². The van der Waals surface area contributed by atoms with E-state index in [4.69, 9.17) is 10.7 Å². The smallest absolute Gasteiger partial charge is 0.209 e. The van der Waals surface area contributed by atoms with E-state index in [0.29, 0.717) is 5.92 Å². The fraction of sp³-hybridized carbons (Fsp3) is 0.500. The highest BCUT2D eigenvalue weighted by Gasteiger charge is 2.31. The quantitative estimate of drug-likeness (QED) is 0.944. The molecule has 21 heavy (non-hydrogen) atoms. The van der Waals surface area contributed by atoms with Crippen molar-refractivity contribution < 1.29 is 0 Å². The highest BCUT2D eigenvalue weighted by Crippen LogP contribution is 2.42. The van der Waals surface area contributed by atoms with Gasteiger partial charge in [0.25, 0.3) is 0 Å². The molecule has 0 fully saturated rings. The maximum Gasteiger partial charge on any atom is 0.209 e. The van der Waals surface area contributed by atoms with Crippen LogP contribution in [0.15, 0.2) is 24.3 Å². The Balaban J connectivity index is 1.95. The molecule has 1 aliphatic heterocycles. The van der Waals surface area contributed by atoms with E-state index in [1.165, 1.54) is 22.8 Å². The molecule has 1 atom stereocenters. The number of rotatable bonds is 3. The summed E-state index contributed by atoms with van der Waals surface area (Å²) in [6.07, 6.45) is 1.01. The molecule has 0 amide bonds. The van der Waals surface area contributed by atoms with Crippen LogP contribution in [0.4, 0.5) is 10.8 Å². The number of anilines is 2. The minimum Gasteiger partial charge on any atom is -0.330 e. The average Bonchev–Trinajstić information content (AvgIpc) is 3.04. The summed E-state index contributed by atoms with van der Waals surface area (Å²) in [6, 6.07) is 8.57. The zero-order valence-electron chi connectivity index (χ0n) is 12.8. The second kappa shape index (κ2) is 5.39. The first-order valence-corrected chi connectivity index (χ1v) is 8.19. The van der Waals surface area contributed by atoms with E-state index in [9.17, 15) is 0 Å². The maximum atomic E-state index is 5.77. The van der Waals surface area contributed by atoms with Crippen LogP contribution in [0.1, 0.15) is 44.5 Å². The Hall–Kier alpha value is -1.46. The van der Waals surface area contributed by atoms with Crippen LogP contribution < -0.4 is 10.6 Å². The van der Waals surface area contributed by atoms with Crippen LogP contribution in [-0.2, 0) is 5.41 Å². The molecule has 0 aliphatic carbocycles. The third-order valence-electron chi connectivity index (χ3n) is 3.90.